The van der Waals surface area contributed by atoms with E-state index < -0.39 is 0 Å². The van der Waals surface area contributed by atoms with Gasteiger partial charge in [-0.25, -0.2) is 4.79 Å². The average molecular weight is 306 g/mol. The van der Waals surface area contributed by atoms with Crippen LogP contribution in [-0.2, 0) is 16.7 Å². The van der Waals surface area contributed by atoms with Crippen LogP contribution in [0.5, 0.6) is 0 Å². The number of oxime groups is 1. The van der Waals surface area contributed by atoms with Crippen molar-refractivity contribution in [3.63, 3.8) is 0 Å². The molecule has 116 valence electrons. The normalized spacial score (nSPS) is 11.7. The molecule has 3 rings (SSSR count). The topological polar surface area (TPSA) is 43.6 Å². The van der Waals surface area contributed by atoms with E-state index in [1.807, 2.05) is 66.3 Å². The highest BCUT2D eigenvalue weighted by molar-refractivity contribution is 6.19. The van der Waals surface area contributed by atoms with Crippen LogP contribution < -0.4 is 0 Å². The van der Waals surface area contributed by atoms with E-state index in [1.54, 1.807) is 6.92 Å². The molecular weight excluding hydrogens is 288 g/mol. The number of carbonyl (C=O) groups is 1. The van der Waals surface area contributed by atoms with E-state index in [0.717, 1.165) is 22.0 Å². The van der Waals surface area contributed by atoms with E-state index in [9.17, 15) is 4.79 Å². The molecule has 0 atom stereocenters. The fraction of sp³-hybridized carbons (Fsp3) is 0.158. The van der Waals surface area contributed by atoms with Gasteiger partial charge in [-0.3, -0.25) is 0 Å². The Morgan fingerprint density at radius 2 is 1.78 bits per heavy atom. The zero-order valence-corrected chi connectivity index (χ0v) is 13.2. The number of aryl methyl sites for hydroxylation is 1. The van der Waals surface area contributed by atoms with Crippen molar-refractivity contribution in [2.24, 2.45) is 12.2 Å². The molecule has 4 nitrogen and oxygen atoms in total. The first-order valence-corrected chi connectivity index (χ1v) is 7.58. The van der Waals surface area contributed by atoms with Crippen LogP contribution in [0.1, 0.15) is 24.5 Å². The van der Waals surface area contributed by atoms with Gasteiger partial charge in [0.15, 0.2) is 0 Å². The number of hydrogen-bond donors (Lipinski definition) is 0. The third kappa shape index (κ3) is 3.01. The summed E-state index contributed by atoms with van der Waals surface area (Å²) in [6.45, 7) is 1.75. The quantitative estimate of drug-likeness (QED) is 0.417. The fourth-order valence-electron chi connectivity index (χ4n) is 2.54. The monoisotopic (exact) mass is 306 g/mol. The lowest BCUT2D eigenvalue weighted by Crippen LogP contribution is -2.06. The minimum absolute atomic E-state index is 0.293. The van der Waals surface area contributed by atoms with Crippen molar-refractivity contribution < 1.29 is 9.63 Å². The van der Waals surface area contributed by atoms with E-state index in [2.05, 4.69) is 11.2 Å². The average Bonchev–Trinajstić information content (AvgIpc) is 2.93. The molecule has 23 heavy (non-hydrogen) atoms. The van der Waals surface area contributed by atoms with Crippen molar-refractivity contribution in [3.05, 3.63) is 71.9 Å². The molecule has 0 N–H and O–H groups in total. The second-order valence-electron chi connectivity index (χ2n) is 5.29. The van der Waals surface area contributed by atoms with Crippen LogP contribution in [0.2, 0.25) is 0 Å². The second kappa shape index (κ2) is 6.48. The van der Waals surface area contributed by atoms with Crippen molar-refractivity contribution in [3.8, 4) is 0 Å². The van der Waals surface area contributed by atoms with Crippen LogP contribution in [0, 0.1) is 0 Å². The minimum Gasteiger partial charge on any atom is -0.350 e. The third-order valence-electron chi connectivity index (χ3n) is 3.73. The van der Waals surface area contributed by atoms with Gasteiger partial charge in [0.25, 0.3) is 0 Å². The molecule has 0 aliphatic rings. The zero-order valence-electron chi connectivity index (χ0n) is 13.2. The number of benzene rings is 2. The van der Waals surface area contributed by atoms with Gasteiger partial charge in [0.1, 0.15) is 5.71 Å². The largest absolute Gasteiger partial charge is 0.350 e. The van der Waals surface area contributed by atoms with Crippen LogP contribution in [0.15, 0.2) is 65.9 Å². The summed E-state index contributed by atoms with van der Waals surface area (Å²) in [6, 6.07) is 17.8. The van der Waals surface area contributed by atoms with Gasteiger partial charge in [0.2, 0.25) is 0 Å². The molecule has 0 saturated heterocycles. The highest BCUT2D eigenvalue weighted by Gasteiger charge is 2.15. The lowest BCUT2D eigenvalue weighted by molar-refractivity contribution is -0.143. The smallest absolute Gasteiger partial charge is 0.334 e. The molecule has 0 aliphatic heterocycles. The van der Waals surface area contributed by atoms with E-state index in [1.165, 1.54) is 0 Å². The Morgan fingerprint density at radius 1 is 1.09 bits per heavy atom. The fourth-order valence-corrected chi connectivity index (χ4v) is 2.54. The molecule has 1 heterocycles. The van der Waals surface area contributed by atoms with Crippen molar-refractivity contribution in [1.82, 2.24) is 4.57 Å². The van der Waals surface area contributed by atoms with Gasteiger partial charge < -0.3 is 9.40 Å². The first-order chi connectivity index (χ1) is 11.2. The maximum absolute atomic E-state index is 11.5. The lowest BCUT2D eigenvalue weighted by Gasteiger charge is -2.05. The highest BCUT2D eigenvalue weighted by Crippen LogP contribution is 2.23. The van der Waals surface area contributed by atoms with Crippen LogP contribution in [0.4, 0.5) is 0 Å². The molecule has 2 aromatic carbocycles. The Balaban J connectivity index is 2.16. The number of hydrogen-bond acceptors (Lipinski definition) is 3. The van der Waals surface area contributed by atoms with Crippen molar-refractivity contribution in [1.29, 1.82) is 0 Å². The lowest BCUT2D eigenvalue weighted by atomic mass is 10.0. The molecule has 0 saturated carbocycles. The maximum atomic E-state index is 11.5. The Kier molecular flexibility index (Phi) is 4.24. The Hall–Kier alpha value is -2.88. The predicted octanol–water partition coefficient (Wildman–Crippen LogP) is 3.88. The number of carbonyl (C=O) groups excluding carboxylic acids is 1. The highest BCUT2D eigenvalue weighted by atomic mass is 16.7. The van der Waals surface area contributed by atoms with Gasteiger partial charge in [0, 0.05) is 41.7 Å². The minimum atomic E-state index is -0.348. The third-order valence-corrected chi connectivity index (χ3v) is 3.73. The van der Waals surface area contributed by atoms with E-state index in [-0.39, 0.29) is 5.97 Å². The summed E-state index contributed by atoms with van der Waals surface area (Å²) in [7, 11) is 1.99. The summed E-state index contributed by atoms with van der Waals surface area (Å²) >= 11 is 0. The van der Waals surface area contributed by atoms with Gasteiger partial charge in [-0.05, 0) is 6.07 Å². The van der Waals surface area contributed by atoms with E-state index in [0.29, 0.717) is 12.1 Å². The standard InChI is InChI=1S/C19H18N2O2/c1-3-18(22)23-20-19(14-9-5-4-6-10-14)16-13-21(2)17-12-8-7-11-15(16)17/h4-13H,3H2,1-2H3/b20-19+. The Bertz CT molecular complexity index is 863. The summed E-state index contributed by atoms with van der Waals surface area (Å²) in [5.41, 5.74) is 3.61. The summed E-state index contributed by atoms with van der Waals surface area (Å²) in [4.78, 5) is 16.6. The van der Waals surface area contributed by atoms with Crippen LogP contribution in [0.3, 0.4) is 0 Å². The molecule has 0 amide bonds. The van der Waals surface area contributed by atoms with Crippen LogP contribution in [0.25, 0.3) is 10.9 Å². The SMILES string of the molecule is CCC(=O)O/N=C(\c1ccccc1)c1cn(C)c2ccccc12. The Labute approximate surface area is 135 Å². The van der Waals surface area contributed by atoms with Gasteiger partial charge >= 0.3 is 5.97 Å². The summed E-state index contributed by atoms with van der Waals surface area (Å²) in [6.07, 6.45) is 2.30. The molecule has 0 fully saturated rings. The summed E-state index contributed by atoms with van der Waals surface area (Å²) in [5.74, 6) is -0.348. The molecule has 1 aromatic heterocycles. The molecule has 4 heteroatoms. The Morgan fingerprint density at radius 3 is 2.52 bits per heavy atom. The number of fused-ring (bicyclic) bond motifs is 1. The summed E-state index contributed by atoms with van der Waals surface area (Å²) < 4.78 is 2.05. The predicted molar refractivity (Wildman–Crippen MR) is 91.4 cm³/mol. The van der Waals surface area contributed by atoms with E-state index in [4.69, 9.17) is 4.84 Å². The van der Waals surface area contributed by atoms with Gasteiger partial charge in [0.05, 0.1) is 0 Å². The summed E-state index contributed by atoms with van der Waals surface area (Å²) in [5, 5.41) is 5.23. The van der Waals surface area contributed by atoms with Gasteiger partial charge in [-0.2, -0.15) is 0 Å². The number of nitrogens with zero attached hydrogens (tertiary/aromatic N) is 2. The maximum Gasteiger partial charge on any atom is 0.334 e. The first kappa shape index (κ1) is 15.0. The number of aromatic nitrogens is 1. The molecule has 0 bridgehead atoms. The van der Waals surface area contributed by atoms with Crippen LogP contribution >= 0.6 is 0 Å². The number of para-hydroxylation sites is 1. The molecular formula is C19H18N2O2. The van der Waals surface area contributed by atoms with Crippen molar-refractivity contribution >= 4 is 22.6 Å². The molecule has 0 radical (unpaired) electrons. The molecule has 0 spiro atoms. The van der Waals surface area contributed by atoms with E-state index >= 15 is 0 Å². The second-order valence-corrected chi connectivity index (χ2v) is 5.29. The molecule has 0 aliphatic carbocycles. The number of rotatable bonds is 4. The molecule has 3 aromatic rings. The van der Waals surface area contributed by atoms with Gasteiger partial charge in [-0.1, -0.05) is 60.6 Å². The van der Waals surface area contributed by atoms with Crippen molar-refractivity contribution in [2.45, 2.75) is 13.3 Å². The molecule has 0 unspecified atom stereocenters. The zero-order chi connectivity index (χ0) is 16.2. The first-order valence-electron chi connectivity index (χ1n) is 7.58. The van der Waals surface area contributed by atoms with Crippen LogP contribution in [-0.4, -0.2) is 16.2 Å². The van der Waals surface area contributed by atoms with Crippen molar-refractivity contribution in [2.75, 3.05) is 0 Å². The van der Waals surface area contributed by atoms with Gasteiger partial charge in [-0.15, -0.1) is 0 Å².